The maximum Gasteiger partial charge on any atom is 0.490 e. The number of esters is 1. The number of ether oxygens (including phenoxy) is 2. The molecule has 0 bridgehead atoms. The number of hydrogen-bond acceptors (Lipinski definition) is 6. The minimum absolute atomic E-state index is 0.121. The Morgan fingerprint density at radius 2 is 1.90 bits per heavy atom. The molecule has 0 spiro atoms. The van der Waals surface area contributed by atoms with E-state index in [1.54, 1.807) is 24.3 Å². The summed E-state index contributed by atoms with van der Waals surface area (Å²) in [6.07, 6.45) is -9.02. The van der Waals surface area contributed by atoms with Gasteiger partial charge in [0.25, 0.3) is 0 Å². The van der Waals surface area contributed by atoms with Crippen molar-refractivity contribution in [3.05, 3.63) is 59.2 Å². The van der Waals surface area contributed by atoms with Crippen molar-refractivity contribution >= 4 is 11.7 Å². The number of halogens is 5. The summed E-state index contributed by atoms with van der Waals surface area (Å²) in [6, 6.07) is 7.83. The van der Waals surface area contributed by atoms with E-state index in [0.717, 1.165) is 6.07 Å². The number of hydrogen-bond donors (Lipinski definition) is 3. The van der Waals surface area contributed by atoms with Gasteiger partial charge in [-0.15, -0.1) is 0 Å². The first-order valence-electron chi connectivity index (χ1n) is 9.00. The van der Waals surface area contributed by atoms with E-state index in [2.05, 4.69) is 10.1 Å². The number of nitrogens with two attached hydrogens (primary N) is 1. The third kappa shape index (κ3) is 6.28. The lowest BCUT2D eigenvalue weighted by Gasteiger charge is -2.29. The maximum absolute atomic E-state index is 13.8. The Hall–Kier alpha value is -2.92. The molecule has 2 aromatic rings. The molecule has 2 rings (SSSR count). The van der Waals surface area contributed by atoms with Crippen molar-refractivity contribution < 1.29 is 41.3 Å². The first-order chi connectivity index (χ1) is 14.4. The summed E-state index contributed by atoms with van der Waals surface area (Å²) < 4.78 is 75.0. The summed E-state index contributed by atoms with van der Waals surface area (Å²) >= 11 is 0. The summed E-state index contributed by atoms with van der Waals surface area (Å²) in [5, 5.41) is 13.1. The molecule has 3 atom stereocenters. The van der Waals surface area contributed by atoms with Crippen LogP contribution in [0, 0.1) is 11.6 Å². The molecule has 0 aromatic heterocycles. The number of aliphatic hydroxyl groups is 1. The van der Waals surface area contributed by atoms with Crippen LogP contribution < -0.4 is 15.8 Å². The molecule has 0 saturated carbocycles. The number of alkyl halides is 3. The van der Waals surface area contributed by atoms with Crippen molar-refractivity contribution in [2.75, 3.05) is 12.8 Å². The Morgan fingerprint density at radius 1 is 1.23 bits per heavy atom. The molecule has 2 aromatic carbocycles. The Morgan fingerprint density at radius 3 is 2.52 bits per heavy atom. The average molecular weight is 448 g/mol. The number of carbonyl (C=O) groups excluding carboxylic acids is 1. The Labute approximate surface area is 174 Å². The second kappa shape index (κ2) is 9.92. The number of rotatable bonds is 8. The SMILES string of the molecule is COc1cccc(CNC(OC(=O)C(F)(F)F)[C@@H](O)[C@@H](C)c2cc(F)cc(F)c2N)c1. The van der Waals surface area contributed by atoms with Gasteiger partial charge in [0.2, 0.25) is 0 Å². The molecule has 0 aliphatic rings. The first-order valence-corrected chi connectivity index (χ1v) is 9.00. The van der Waals surface area contributed by atoms with Crippen LogP contribution >= 0.6 is 0 Å². The van der Waals surface area contributed by atoms with Gasteiger partial charge in [-0.1, -0.05) is 19.1 Å². The van der Waals surface area contributed by atoms with Gasteiger partial charge < -0.3 is 20.3 Å². The molecule has 0 aliphatic heterocycles. The fraction of sp³-hybridized carbons (Fsp3) is 0.350. The van der Waals surface area contributed by atoms with E-state index in [4.69, 9.17) is 10.5 Å². The smallest absolute Gasteiger partial charge is 0.490 e. The van der Waals surface area contributed by atoms with E-state index in [1.807, 2.05) is 0 Å². The lowest BCUT2D eigenvalue weighted by molar-refractivity contribution is -0.212. The first kappa shape index (κ1) is 24.4. The van der Waals surface area contributed by atoms with Crippen LogP contribution in [0.3, 0.4) is 0 Å². The predicted octanol–water partition coefficient (Wildman–Crippen LogP) is 3.24. The highest BCUT2D eigenvalue weighted by Crippen LogP contribution is 2.30. The highest BCUT2D eigenvalue weighted by molar-refractivity contribution is 5.75. The van der Waals surface area contributed by atoms with Gasteiger partial charge >= 0.3 is 12.1 Å². The number of anilines is 1. The minimum Gasteiger partial charge on any atom is -0.497 e. The molecule has 0 aliphatic carbocycles. The number of aliphatic hydroxyl groups excluding tert-OH is 1. The van der Waals surface area contributed by atoms with Gasteiger partial charge in [-0.3, -0.25) is 5.32 Å². The van der Waals surface area contributed by atoms with Gasteiger partial charge in [-0.05, 0) is 29.3 Å². The third-order valence-electron chi connectivity index (χ3n) is 4.55. The van der Waals surface area contributed by atoms with Crippen LogP contribution in [-0.4, -0.2) is 36.7 Å². The molecule has 0 amide bonds. The zero-order chi connectivity index (χ0) is 23.3. The summed E-state index contributed by atoms with van der Waals surface area (Å²) in [4.78, 5) is 11.4. The summed E-state index contributed by atoms with van der Waals surface area (Å²) in [5.74, 6) is -5.36. The highest BCUT2D eigenvalue weighted by atomic mass is 19.4. The summed E-state index contributed by atoms with van der Waals surface area (Å²) in [5.41, 5.74) is 5.45. The van der Waals surface area contributed by atoms with E-state index in [0.29, 0.717) is 17.4 Å². The van der Waals surface area contributed by atoms with Crippen LogP contribution in [0.1, 0.15) is 24.0 Å². The van der Waals surface area contributed by atoms with E-state index >= 15 is 0 Å². The largest absolute Gasteiger partial charge is 0.497 e. The van der Waals surface area contributed by atoms with E-state index < -0.39 is 47.7 Å². The highest BCUT2D eigenvalue weighted by Gasteiger charge is 2.44. The molecule has 11 heteroatoms. The van der Waals surface area contributed by atoms with Crippen LogP contribution in [0.2, 0.25) is 0 Å². The minimum atomic E-state index is -5.32. The van der Waals surface area contributed by atoms with Gasteiger partial charge in [-0.25, -0.2) is 13.6 Å². The number of methoxy groups -OCH3 is 1. The van der Waals surface area contributed by atoms with Crippen molar-refractivity contribution in [3.63, 3.8) is 0 Å². The molecule has 0 heterocycles. The van der Waals surface area contributed by atoms with E-state index in [9.17, 15) is 31.9 Å². The molecule has 6 nitrogen and oxygen atoms in total. The van der Waals surface area contributed by atoms with E-state index in [1.165, 1.54) is 14.0 Å². The second-order valence-electron chi connectivity index (χ2n) is 6.73. The number of carbonyl (C=O) groups is 1. The molecule has 0 fully saturated rings. The van der Waals surface area contributed by atoms with Crippen LogP contribution in [-0.2, 0) is 16.1 Å². The number of benzene rings is 2. The van der Waals surface area contributed by atoms with Gasteiger partial charge in [-0.2, -0.15) is 13.2 Å². The van der Waals surface area contributed by atoms with Crippen LogP contribution in [0.25, 0.3) is 0 Å². The fourth-order valence-electron chi connectivity index (χ4n) is 2.84. The van der Waals surface area contributed by atoms with Crippen molar-refractivity contribution in [1.82, 2.24) is 5.32 Å². The molecular formula is C20H21F5N2O4. The zero-order valence-corrected chi connectivity index (χ0v) is 16.5. The Bertz CT molecular complexity index is 923. The van der Waals surface area contributed by atoms with Gasteiger partial charge in [0.15, 0.2) is 6.23 Å². The second-order valence-corrected chi connectivity index (χ2v) is 6.73. The lowest BCUT2D eigenvalue weighted by atomic mass is 9.92. The van der Waals surface area contributed by atoms with Crippen LogP contribution in [0.4, 0.5) is 27.6 Å². The van der Waals surface area contributed by atoms with Gasteiger partial charge in [0, 0.05) is 18.5 Å². The van der Waals surface area contributed by atoms with Crippen molar-refractivity contribution in [3.8, 4) is 5.75 Å². The lowest BCUT2D eigenvalue weighted by Crippen LogP contribution is -2.47. The predicted molar refractivity (Wildman–Crippen MR) is 101 cm³/mol. The summed E-state index contributed by atoms with van der Waals surface area (Å²) in [6.45, 7) is 1.15. The van der Waals surface area contributed by atoms with Gasteiger partial charge in [0.1, 0.15) is 23.5 Å². The Kier molecular flexibility index (Phi) is 7.80. The molecule has 4 N–H and O–H groups in total. The molecule has 31 heavy (non-hydrogen) atoms. The maximum atomic E-state index is 13.8. The Balaban J connectivity index is 2.28. The molecular weight excluding hydrogens is 427 g/mol. The standard InChI is InChI=1S/C20H21F5N2O4/c1-10(14-7-12(21)8-15(22)16(14)26)17(28)18(31-19(29)20(23,24)25)27-9-11-4-3-5-13(6-11)30-2/h3-8,10,17-18,27-28H,9,26H2,1-2H3/t10-,17-,18?/m0/s1. The van der Waals surface area contributed by atoms with Crippen LogP contribution in [0.5, 0.6) is 5.75 Å². The number of nitrogens with one attached hydrogen (secondary N) is 1. The molecule has 1 unspecified atom stereocenters. The van der Waals surface area contributed by atoms with Crippen LogP contribution in [0.15, 0.2) is 36.4 Å². The quantitative estimate of drug-likeness (QED) is 0.249. The normalized spacial score (nSPS) is 14.6. The molecule has 0 radical (unpaired) electrons. The third-order valence-corrected chi connectivity index (χ3v) is 4.55. The van der Waals surface area contributed by atoms with Gasteiger partial charge in [0.05, 0.1) is 12.8 Å². The van der Waals surface area contributed by atoms with Crippen molar-refractivity contribution in [1.29, 1.82) is 0 Å². The van der Waals surface area contributed by atoms with Crippen molar-refractivity contribution in [2.45, 2.75) is 37.9 Å². The van der Waals surface area contributed by atoms with E-state index in [-0.39, 0.29) is 12.1 Å². The summed E-state index contributed by atoms with van der Waals surface area (Å²) in [7, 11) is 1.43. The number of nitrogen functional groups attached to an aromatic ring is 1. The fourth-order valence-corrected chi connectivity index (χ4v) is 2.84. The average Bonchev–Trinajstić information content (AvgIpc) is 2.71. The molecule has 0 saturated heterocycles. The monoisotopic (exact) mass is 448 g/mol. The topological polar surface area (TPSA) is 93.8 Å². The zero-order valence-electron chi connectivity index (χ0n) is 16.5. The van der Waals surface area contributed by atoms with Crippen molar-refractivity contribution in [2.24, 2.45) is 0 Å². The molecule has 170 valence electrons.